The van der Waals surface area contributed by atoms with E-state index in [0.717, 1.165) is 35.1 Å². The number of benzene rings is 2. The molecule has 0 amide bonds. The molecule has 0 aliphatic heterocycles. The van der Waals surface area contributed by atoms with Gasteiger partial charge in [0, 0.05) is 5.92 Å². The second-order valence-corrected chi connectivity index (χ2v) is 6.35. The van der Waals surface area contributed by atoms with E-state index in [1.165, 1.54) is 11.1 Å². The van der Waals surface area contributed by atoms with Crippen LogP contribution in [0.4, 0.5) is 0 Å². The largest absolute Gasteiger partial charge is 0.507 e. The van der Waals surface area contributed by atoms with E-state index in [1.54, 1.807) is 0 Å². The molecule has 0 fully saturated rings. The van der Waals surface area contributed by atoms with Crippen LogP contribution in [0.3, 0.4) is 0 Å². The lowest BCUT2D eigenvalue weighted by Gasteiger charge is -2.21. The summed E-state index contributed by atoms with van der Waals surface area (Å²) in [7, 11) is 0. The van der Waals surface area contributed by atoms with Crippen molar-refractivity contribution >= 4 is 0 Å². The number of rotatable bonds is 4. The third-order valence-electron chi connectivity index (χ3n) is 4.41. The Morgan fingerprint density at radius 2 is 1.05 bits per heavy atom. The molecule has 2 aromatic carbocycles. The van der Waals surface area contributed by atoms with Crippen LogP contribution in [0, 0.1) is 27.7 Å². The van der Waals surface area contributed by atoms with Gasteiger partial charge in [0.2, 0.25) is 0 Å². The smallest absolute Gasteiger partial charge is 0.121 e. The Hall–Kier alpha value is -1.96. The van der Waals surface area contributed by atoms with Crippen molar-refractivity contribution in [3.8, 4) is 11.5 Å². The van der Waals surface area contributed by atoms with Crippen LogP contribution in [0.15, 0.2) is 24.3 Å². The van der Waals surface area contributed by atoms with Gasteiger partial charge in [-0.15, -0.1) is 0 Å². The molecule has 0 saturated carbocycles. The fraction of sp³-hybridized carbons (Fsp3) is 0.400. The standard InChI is InChI=1S/C20H26O2/c1-6-7-18(16-8-12(2)19(21)13(3)9-16)17-10-14(4)20(22)15(5)11-17/h8-11,18,21-22H,6-7H2,1-5H3. The lowest BCUT2D eigenvalue weighted by Crippen LogP contribution is -2.03. The molecule has 0 radical (unpaired) electrons. The van der Waals surface area contributed by atoms with Gasteiger partial charge in [-0.05, 0) is 67.5 Å². The predicted molar refractivity (Wildman–Crippen MR) is 91.9 cm³/mol. The maximum Gasteiger partial charge on any atom is 0.121 e. The summed E-state index contributed by atoms with van der Waals surface area (Å²) in [6.07, 6.45) is 2.13. The highest BCUT2D eigenvalue weighted by Crippen LogP contribution is 2.36. The average molecular weight is 298 g/mol. The van der Waals surface area contributed by atoms with E-state index in [-0.39, 0.29) is 0 Å². The summed E-state index contributed by atoms with van der Waals surface area (Å²) in [5.41, 5.74) is 6.15. The Morgan fingerprint density at radius 3 is 1.32 bits per heavy atom. The van der Waals surface area contributed by atoms with Crippen LogP contribution < -0.4 is 0 Å². The molecule has 0 aromatic heterocycles. The van der Waals surface area contributed by atoms with E-state index in [1.807, 2.05) is 27.7 Å². The molecule has 0 aliphatic rings. The Labute approximate surface area is 133 Å². The van der Waals surface area contributed by atoms with E-state index in [9.17, 15) is 10.2 Å². The van der Waals surface area contributed by atoms with Crippen LogP contribution in [0.5, 0.6) is 11.5 Å². The van der Waals surface area contributed by atoms with E-state index in [4.69, 9.17) is 0 Å². The summed E-state index contributed by atoms with van der Waals surface area (Å²) in [6, 6.07) is 8.33. The summed E-state index contributed by atoms with van der Waals surface area (Å²) in [5.74, 6) is 1.06. The van der Waals surface area contributed by atoms with Crippen molar-refractivity contribution in [1.82, 2.24) is 0 Å². The topological polar surface area (TPSA) is 40.5 Å². The molecular weight excluding hydrogens is 272 g/mol. The molecule has 0 bridgehead atoms. The molecule has 2 heteroatoms. The van der Waals surface area contributed by atoms with Crippen LogP contribution in [-0.4, -0.2) is 10.2 Å². The van der Waals surface area contributed by atoms with Crippen molar-refractivity contribution in [2.24, 2.45) is 0 Å². The minimum absolute atomic E-state index is 0.293. The van der Waals surface area contributed by atoms with Crippen LogP contribution in [0.2, 0.25) is 0 Å². The highest BCUT2D eigenvalue weighted by atomic mass is 16.3. The molecule has 0 spiro atoms. The fourth-order valence-electron chi connectivity index (χ4n) is 3.20. The summed E-state index contributed by atoms with van der Waals surface area (Å²) in [5, 5.41) is 20.0. The number of hydrogen-bond acceptors (Lipinski definition) is 2. The molecule has 0 atom stereocenters. The molecule has 0 saturated heterocycles. The van der Waals surface area contributed by atoms with E-state index >= 15 is 0 Å². The summed E-state index contributed by atoms with van der Waals surface area (Å²) < 4.78 is 0. The van der Waals surface area contributed by atoms with Gasteiger partial charge in [-0.25, -0.2) is 0 Å². The van der Waals surface area contributed by atoms with Gasteiger partial charge in [0.05, 0.1) is 0 Å². The van der Waals surface area contributed by atoms with Gasteiger partial charge in [-0.1, -0.05) is 37.6 Å². The Balaban J connectivity index is 2.56. The minimum atomic E-state index is 0.293. The Kier molecular flexibility index (Phi) is 4.80. The Bertz CT molecular complexity index is 583. The van der Waals surface area contributed by atoms with Crippen molar-refractivity contribution in [3.05, 3.63) is 57.6 Å². The third kappa shape index (κ3) is 3.11. The number of aryl methyl sites for hydroxylation is 4. The molecular formula is C20H26O2. The first-order valence-electron chi connectivity index (χ1n) is 7.95. The normalized spacial score (nSPS) is 11.2. The maximum absolute atomic E-state index is 10.0. The van der Waals surface area contributed by atoms with Gasteiger partial charge in [0.25, 0.3) is 0 Å². The first-order valence-corrected chi connectivity index (χ1v) is 7.95. The summed E-state index contributed by atoms with van der Waals surface area (Å²) in [4.78, 5) is 0. The molecule has 118 valence electrons. The zero-order chi connectivity index (χ0) is 16.4. The van der Waals surface area contributed by atoms with Gasteiger partial charge in [0.15, 0.2) is 0 Å². The van der Waals surface area contributed by atoms with Crippen LogP contribution in [0.1, 0.15) is 59.1 Å². The van der Waals surface area contributed by atoms with Crippen molar-refractivity contribution in [3.63, 3.8) is 0 Å². The van der Waals surface area contributed by atoms with Gasteiger partial charge >= 0.3 is 0 Å². The van der Waals surface area contributed by atoms with Crippen LogP contribution in [0.25, 0.3) is 0 Å². The predicted octanol–water partition coefficient (Wildman–Crippen LogP) is 5.26. The molecule has 0 heterocycles. The van der Waals surface area contributed by atoms with Crippen molar-refractivity contribution < 1.29 is 10.2 Å². The molecule has 0 aliphatic carbocycles. The van der Waals surface area contributed by atoms with Crippen molar-refractivity contribution in [2.75, 3.05) is 0 Å². The van der Waals surface area contributed by atoms with Crippen molar-refractivity contribution in [1.29, 1.82) is 0 Å². The summed E-state index contributed by atoms with van der Waals surface area (Å²) >= 11 is 0. The molecule has 2 aromatic rings. The quantitative estimate of drug-likeness (QED) is 0.808. The van der Waals surface area contributed by atoms with Crippen LogP contribution in [-0.2, 0) is 0 Å². The monoisotopic (exact) mass is 298 g/mol. The summed E-state index contributed by atoms with van der Waals surface area (Å²) in [6.45, 7) is 9.97. The molecule has 2 rings (SSSR count). The highest BCUT2D eigenvalue weighted by molar-refractivity contribution is 5.49. The highest BCUT2D eigenvalue weighted by Gasteiger charge is 2.17. The van der Waals surface area contributed by atoms with Crippen LogP contribution >= 0.6 is 0 Å². The zero-order valence-electron chi connectivity index (χ0n) is 14.2. The SMILES string of the molecule is CCCC(c1cc(C)c(O)c(C)c1)c1cc(C)c(O)c(C)c1. The lowest BCUT2D eigenvalue weighted by molar-refractivity contribution is 0.466. The Morgan fingerprint density at radius 1 is 0.727 bits per heavy atom. The molecule has 0 unspecified atom stereocenters. The number of hydrogen-bond donors (Lipinski definition) is 2. The zero-order valence-corrected chi connectivity index (χ0v) is 14.2. The molecule has 2 nitrogen and oxygen atoms in total. The van der Waals surface area contributed by atoms with Gasteiger partial charge < -0.3 is 10.2 Å². The van der Waals surface area contributed by atoms with Crippen molar-refractivity contribution in [2.45, 2.75) is 53.4 Å². The van der Waals surface area contributed by atoms with Gasteiger partial charge in [0.1, 0.15) is 11.5 Å². The van der Waals surface area contributed by atoms with E-state index < -0.39 is 0 Å². The maximum atomic E-state index is 10.0. The number of aromatic hydroxyl groups is 2. The third-order valence-corrected chi connectivity index (χ3v) is 4.41. The van der Waals surface area contributed by atoms with Gasteiger partial charge in [-0.3, -0.25) is 0 Å². The second kappa shape index (κ2) is 6.43. The molecule has 2 N–H and O–H groups in total. The molecule has 22 heavy (non-hydrogen) atoms. The second-order valence-electron chi connectivity index (χ2n) is 6.35. The number of phenols is 2. The van der Waals surface area contributed by atoms with Gasteiger partial charge in [-0.2, -0.15) is 0 Å². The number of phenolic OH excluding ortho intramolecular Hbond substituents is 2. The average Bonchev–Trinajstić information content (AvgIpc) is 2.47. The fourth-order valence-corrected chi connectivity index (χ4v) is 3.20. The first kappa shape index (κ1) is 16.4. The van der Waals surface area contributed by atoms with E-state index in [0.29, 0.717) is 17.4 Å². The first-order chi connectivity index (χ1) is 10.3. The van der Waals surface area contributed by atoms with E-state index in [2.05, 4.69) is 31.2 Å². The lowest BCUT2D eigenvalue weighted by atomic mass is 9.84. The minimum Gasteiger partial charge on any atom is -0.507 e.